The van der Waals surface area contributed by atoms with Gasteiger partial charge in [0.2, 0.25) is 15.9 Å². The number of nitrogens with one attached hydrogen (secondary N) is 2. The van der Waals surface area contributed by atoms with Gasteiger partial charge in [-0.3, -0.25) is 9.89 Å². The van der Waals surface area contributed by atoms with Crippen molar-refractivity contribution in [2.24, 2.45) is 0 Å². The zero-order chi connectivity index (χ0) is 21.3. The molecule has 0 atom stereocenters. The number of aromatic nitrogens is 3. The number of nitrogens with zero attached hydrogens (tertiary/aromatic N) is 3. The molecular formula is C20H19N5O3S2. The summed E-state index contributed by atoms with van der Waals surface area (Å²) in [5.74, 6) is -0.469. The van der Waals surface area contributed by atoms with Gasteiger partial charge in [0.25, 0.3) is 0 Å². The minimum Gasteiger partial charge on any atom is -0.301 e. The van der Waals surface area contributed by atoms with Crippen molar-refractivity contribution in [3.05, 3.63) is 59.6 Å². The van der Waals surface area contributed by atoms with Gasteiger partial charge in [-0.25, -0.2) is 13.4 Å². The number of fused-ring (bicyclic) bond motifs is 1. The van der Waals surface area contributed by atoms with Crippen molar-refractivity contribution in [2.45, 2.75) is 11.8 Å². The van der Waals surface area contributed by atoms with Crippen molar-refractivity contribution >= 4 is 43.3 Å². The SMILES string of the molecule is Cc1cc(S(=O)(=O)N(C)CC(=O)Nc2nc(-c3ccccc3)cs2)c2[nH]ncc2c1. The Balaban J connectivity index is 1.49. The fourth-order valence-corrected chi connectivity index (χ4v) is 5.17. The fraction of sp³-hybridized carbons (Fsp3) is 0.150. The van der Waals surface area contributed by atoms with Crippen LogP contribution in [0.15, 0.2) is 58.9 Å². The number of thiazole rings is 1. The summed E-state index contributed by atoms with van der Waals surface area (Å²) in [7, 11) is -2.53. The summed E-state index contributed by atoms with van der Waals surface area (Å²) in [6, 6.07) is 13.0. The van der Waals surface area contributed by atoms with E-state index >= 15 is 0 Å². The molecule has 30 heavy (non-hydrogen) atoms. The lowest BCUT2D eigenvalue weighted by Crippen LogP contribution is -2.35. The van der Waals surface area contributed by atoms with Gasteiger partial charge in [0.05, 0.1) is 24.0 Å². The molecule has 0 fully saturated rings. The van der Waals surface area contributed by atoms with Gasteiger partial charge >= 0.3 is 0 Å². The molecule has 4 aromatic rings. The predicted octanol–water partition coefficient (Wildman–Crippen LogP) is 3.25. The van der Waals surface area contributed by atoms with E-state index in [1.54, 1.807) is 12.3 Å². The van der Waals surface area contributed by atoms with Crippen LogP contribution in [0.25, 0.3) is 22.2 Å². The van der Waals surface area contributed by atoms with Crippen LogP contribution in [0.2, 0.25) is 0 Å². The van der Waals surface area contributed by atoms with E-state index in [1.165, 1.54) is 18.4 Å². The molecule has 0 saturated carbocycles. The number of hydrogen-bond donors (Lipinski definition) is 2. The largest absolute Gasteiger partial charge is 0.301 e. The van der Waals surface area contributed by atoms with E-state index in [2.05, 4.69) is 20.5 Å². The Bertz CT molecular complexity index is 1310. The Hall–Kier alpha value is -3.08. The molecule has 0 spiro atoms. The molecule has 0 radical (unpaired) electrons. The first-order chi connectivity index (χ1) is 14.3. The zero-order valence-corrected chi connectivity index (χ0v) is 17.9. The highest BCUT2D eigenvalue weighted by Gasteiger charge is 2.26. The number of aromatic amines is 1. The normalized spacial score (nSPS) is 11.8. The number of rotatable bonds is 6. The molecule has 0 saturated heterocycles. The van der Waals surface area contributed by atoms with E-state index in [-0.39, 0.29) is 11.4 Å². The van der Waals surface area contributed by atoms with E-state index in [0.717, 1.165) is 21.1 Å². The summed E-state index contributed by atoms with van der Waals surface area (Å²) in [5, 5.41) is 12.3. The van der Waals surface area contributed by atoms with Gasteiger partial charge in [0, 0.05) is 23.4 Å². The first-order valence-electron chi connectivity index (χ1n) is 9.05. The van der Waals surface area contributed by atoms with Gasteiger partial charge in [-0.15, -0.1) is 11.3 Å². The molecule has 2 aromatic carbocycles. The van der Waals surface area contributed by atoms with Crippen molar-refractivity contribution in [1.29, 1.82) is 0 Å². The number of anilines is 1. The van der Waals surface area contributed by atoms with Crippen LogP contribution in [0, 0.1) is 6.92 Å². The lowest BCUT2D eigenvalue weighted by Gasteiger charge is -2.17. The summed E-state index contributed by atoms with van der Waals surface area (Å²) >= 11 is 1.28. The van der Waals surface area contributed by atoms with Gasteiger partial charge in [0.1, 0.15) is 4.90 Å². The third-order valence-corrected chi connectivity index (χ3v) is 7.12. The van der Waals surface area contributed by atoms with Crippen LogP contribution >= 0.6 is 11.3 Å². The van der Waals surface area contributed by atoms with Crippen LogP contribution in [-0.2, 0) is 14.8 Å². The van der Waals surface area contributed by atoms with Crippen LogP contribution in [0.1, 0.15) is 5.56 Å². The van der Waals surface area contributed by atoms with Crippen LogP contribution in [0.4, 0.5) is 5.13 Å². The highest BCUT2D eigenvalue weighted by molar-refractivity contribution is 7.89. The molecule has 8 nitrogen and oxygen atoms in total. The summed E-state index contributed by atoms with van der Waals surface area (Å²) < 4.78 is 27.1. The third kappa shape index (κ3) is 3.97. The van der Waals surface area contributed by atoms with Crippen LogP contribution in [-0.4, -0.2) is 47.4 Å². The van der Waals surface area contributed by atoms with E-state index < -0.39 is 15.9 Å². The second-order valence-corrected chi connectivity index (χ2v) is 9.68. The molecule has 2 aromatic heterocycles. The zero-order valence-electron chi connectivity index (χ0n) is 16.3. The first-order valence-corrected chi connectivity index (χ1v) is 11.4. The van der Waals surface area contributed by atoms with Crippen molar-refractivity contribution in [3.8, 4) is 11.3 Å². The maximum absolute atomic E-state index is 13.1. The molecule has 10 heteroatoms. The fourth-order valence-electron chi connectivity index (χ4n) is 3.06. The van der Waals surface area contributed by atoms with Crippen LogP contribution in [0.5, 0.6) is 0 Å². The van der Waals surface area contributed by atoms with Gasteiger partial charge in [-0.2, -0.15) is 9.40 Å². The van der Waals surface area contributed by atoms with Crippen molar-refractivity contribution in [2.75, 3.05) is 18.9 Å². The molecule has 0 aliphatic rings. The maximum atomic E-state index is 13.1. The molecule has 154 valence electrons. The summed E-state index contributed by atoms with van der Waals surface area (Å²) in [6.07, 6.45) is 1.57. The molecule has 0 aliphatic heterocycles. The highest BCUT2D eigenvalue weighted by Crippen LogP contribution is 2.26. The second-order valence-electron chi connectivity index (χ2n) is 6.81. The van der Waals surface area contributed by atoms with Gasteiger partial charge in [0.15, 0.2) is 5.13 Å². The van der Waals surface area contributed by atoms with Crippen molar-refractivity contribution < 1.29 is 13.2 Å². The average Bonchev–Trinajstić information content (AvgIpc) is 3.37. The number of hydrogen-bond acceptors (Lipinski definition) is 6. The average molecular weight is 442 g/mol. The van der Waals surface area contributed by atoms with E-state index in [9.17, 15) is 13.2 Å². The summed E-state index contributed by atoms with van der Waals surface area (Å²) in [6.45, 7) is 1.47. The lowest BCUT2D eigenvalue weighted by atomic mass is 10.2. The predicted molar refractivity (Wildman–Crippen MR) is 117 cm³/mol. The molecule has 0 aliphatic carbocycles. The Labute approximate surface area is 177 Å². The minimum absolute atomic E-state index is 0.0888. The number of carbonyl (C=O) groups is 1. The Morgan fingerprint density at radius 3 is 2.77 bits per heavy atom. The maximum Gasteiger partial charge on any atom is 0.245 e. The Kier molecular flexibility index (Phi) is 5.37. The number of aryl methyl sites for hydroxylation is 1. The number of likely N-dealkylation sites (N-methyl/N-ethyl adjacent to an activating group) is 1. The summed E-state index contributed by atoms with van der Waals surface area (Å²) in [5.41, 5.74) is 2.90. The standard InChI is InChI=1S/C20H19N5O3S2/c1-13-8-15-10-21-24-19(15)17(9-13)30(27,28)25(2)11-18(26)23-20-22-16(12-29-20)14-6-4-3-5-7-14/h3-10,12H,11H2,1-2H3,(H,21,24)(H,22,23,26). The number of sulfonamides is 1. The molecule has 4 rings (SSSR count). The number of amides is 1. The monoisotopic (exact) mass is 441 g/mol. The van der Waals surface area contributed by atoms with Crippen molar-refractivity contribution in [3.63, 3.8) is 0 Å². The van der Waals surface area contributed by atoms with E-state index in [1.807, 2.05) is 48.7 Å². The molecular weight excluding hydrogens is 422 g/mol. The van der Waals surface area contributed by atoms with Gasteiger partial charge in [-0.05, 0) is 24.6 Å². The van der Waals surface area contributed by atoms with Crippen molar-refractivity contribution in [1.82, 2.24) is 19.5 Å². The third-order valence-electron chi connectivity index (χ3n) is 4.53. The topological polar surface area (TPSA) is 108 Å². The molecule has 2 N–H and O–H groups in total. The minimum atomic E-state index is -3.90. The smallest absolute Gasteiger partial charge is 0.245 e. The number of benzene rings is 2. The van der Waals surface area contributed by atoms with Gasteiger partial charge in [-0.1, -0.05) is 30.3 Å². The highest BCUT2D eigenvalue weighted by atomic mass is 32.2. The van der Waals surface area contributed by atoms with Gasteiger partial charge < -0.3 is 5.32 Å². The number of carbonyl (C=O) groups excluding carboxylic acids is 1. The Morgan fingerprint density at radius 2 is 2.00 bits per heavy atom. The van der Waals surface area contributed by atoms with E-state index in [0.29, 0.717) is 16.0 Å². The lowest BCUT2D eigenvalue weighted by molar-refractivity contribution is -0.116. The molecule has 0 bridgehead atoms. The molecule has 0 unspecified atom stereocenters. The van der Waals surface area contributed by atoms with Crippen LogP contribution in [0.3, 0.4) is 0 Å². The quantitative estimate of drug-likeness (QED) is 0.477. The Morgan fingerprint density at radius 1 is 1.23 bits per heavy atom. The second kappa shape index (κ2) is 7.98. The first kappa shape index (κ1) is 20.2. The summed E-state index contributed by atoms with van der Waals surface area (Å²) in [4.78, 5) is 16.9. The molecule has 2 heterocycles. The van der Waals surface area contributed by atoms with Crippen LogP contribution < -0.4 is 5.32 Å². The van der Waals surface area contributed by atoms with E-state index in [4.69, 9.17) is 0 Å². The number of H-pyrrole nitrogens is 1. The molecule has 1 amide bonds.